The summed E-state index contributed by atoms with van der Waals surface area (Å²) in [6, 6.07) is 7.46. The zero-order chi connectivity index (χ0) is 22.1. The van der Waals surface area contributed by atoms with E-state index in [0.717, 1.165) is 11.1 Å². The van der Waals surface area contributed by atoms with Crippen LogP contribution < -0.4 is 28.4 Å². The highest BCUT2D eigenvalue weighted by Crippen LogP contribution is 2.41. The van der Waals surface area contributed by atoms with Crippen LogP contribution in [0.1, 0.15) is 18.1 Å². The fraction of sp³-hybridized carbons (Fsp3) is 0.391. The maximum Gasteiger partial charge on any atom is 0.203 e. The van der Waals surface area contributed by atoms with Crippen molar-refractivity contribution in [2.24, 2.45) is 0 Å². The maximum absolute atomic E-state index is 9.00. The Morgan fingerprint density at radius 2 is 1.27 bits per heavy atom. The minimum Gasteiger partial charge on any atom is -0.493 e. The van der Waals surface area contributed by atoms with E-state index in [4.69, 9.17) is 33.5 Å². The van der Waals surface area contributed by atoms with E-state index < -0.39 is 0 Å². The summed E-state index contributed by atoms with van der Waals surface area (Å²) in [6.45, 7) is 1.91. The number of hydrogen-bond acceptors (Lipinski definition) is 7. The topological polar surface area (TPSA) is 75.6 Å². The molecule has 2 rings (SSSR count). The molecule has 0 aliphatic rings. The van der Waals surface area contributed by atoms with E-state index in [9.17, 15) is 0 Å². The second kappa shape index (κ2) is 11.2. The standard InChI is InChI=1S/C23H30O7/c1-15(10-17-13-18(25-2)22(29-6)19(14-17)26-3)30-23-20(27-4)11-16(8-7-9-24)12-21(23)28-5/h7-8,11-15,24H,9-10H2,1-6H3/b8-7-/t15-/m0/s1. The van der Waals surface area contributed by atoms with Gasteiger partial charge >= 0.3 is 0 Å². The molecule has 0 heterocycles. The van der Waals surface area contributed by atoms with Crippen molar-refractivity contribution in [2.45, 2.75) is 19.4 Å². The van der Waals surface area contributed by atoms with Gasteiger partial charge in [0.1, 0.15) is 6.10 Å². The number of aliphatic hydroxyl groups is 1. The maximum atomic E-state index is 9.00. The van der Waals surface area contributed by atoms with Crippen LogP contribution in [0.2, 0.25) is 0 Å². The lowest BCUT2D eigenvalue weighted by molar-refractivity contribution is 0.201. The largest absolute Gasteiger partial charge is 0.493 e. The van der Waals surface area contributed by atoms with E-state index in [2.05, 4.69) is 0 Å². The van der Waals surface area contributed by atoms with Crippen molar-refractivity contribution in [3.63, 3.8) is 0 Å². The van der Waals surface area contributed by atoms with E-state index >= 15 is 0 Å². The number of aliphatic hydroxyl groups excluding tert-OH is 1. The lowest BCUT2D eigenvalue weighted by Crippen LogP contribution is -2.16. The number of hydrogen-bond donors (Lipinski definition) is 1. The normalized spacial score (nSPS) is 11.8. The smallest absolute Gasteiger partial charge is 0.203 e. The predicted octanol–water partition coefficient (Wildman–Crippen LogP) is 3.75. The third kappa shape index (κ3) is 5.51. The molecular formula is C23H30O7. The van der Waals surface area contributed by atoms with Gasteiger partial charge in [-0.15, -0.1) is 0 Å². The first kappa shape index (κ1) is 23.2. The average molecular weight is 418 g/mol. The highest BCUT2D eigenvalue weighted by atomic mass is 16.5. The van der Waals surface area contributed by atoms with Gasteiger partial charge in [-0.1, -0.05) is 12.2 Å². The molecule has 2 aromatic rings. The van der Waals surface area contributed by atoms with Crippen LogP contribution in [0.4, 0.5) is 0 Å². The first-order valence-corrected chi connectivity index (χ1v) is 9.50. The van der Waals surface area contributed by atoms with E-state index in [-0.39, 0.29) is 12.7 Å². The molecule has 0 fully saturated rings. The summed E-state index contributed by atoms with van der Waals surface area (Å²) in [5.74, 6) is 3.34. The number of rotatable bonds is 11. The lowest BCUT2D eigenvalue weighted by Gasteiger charge is -2.21. The molecule has 0 amide bonds. The van der Waals surface area contributed by atoms with E-state index in [0.29, 0.717) is 40.9 Å². The van der Waals surface area contributed by atoms with Gasteiger partial charge < -0.3 is 33.5 Å². The van der Waals surface area contributed by atoms with Crippen LogP contribution in [-0.2, 0) is 6.42 Å². The van der Waals surface area contributed by atoms with Gasteiger partial charge in [-0.25, -0.2) is 0 Å². The average Bonchev–Trinajstić information content (AvgIpc) is 2.77. The molecule has 1 atom stereocenters. The van der Waals surface area contributed by atoms with Gasteiger partial charge in [-0.05, 0) is 42.3 Å². The fourth-order valence-electron chi connectivity index (χ4n) is 3.13. The molecule has 0 radical (unpaired) electrons. The number of benzene rings is 2. The summed E-state index contributed by atoms with van der Waals surface area (Å²) in [5.41, 5.74) is 1.81. The summed E-state index contributed by atoms with van der Waals surface area (Å²) in [7, 11) is 7.90. The molecule has 0 aliphatic carbocycles. The summed E-state index contributed by atoms with van der Waals surface area (Å²) in [5, 5.41) is 9.00. The van der Waals surface area contributed by atoms with Crippen LogP contribution in [-0.4, -0.2) is 53.4 Å². The van der Waals surface area contributed by atoms with Crippen LogP contribution in [0.15, 0.2) is 30.3 Å². The Hall–Kier alpha value is -3.06. The van der Waals surface area contributed by atoms with Gasteiger partial charge in [0.05, 0.1) is 42.2 Å². The summed E-state index contributed by atoms with van der Waals surface area (Å²) < 4.78 is 33.4. The molecule has 30 heavy (non-hydrogen) atoms. The first-order valence-electron chi connectivity index (χ1n) is 9.50. The Morgan fingerprint density at radius 3 is 1.70 bits per heavy atom. The minimum atomic E-state index is -0.200. The van der Waals surface area contributed by atoms with Gasteiger partial charge in [-0.3, -0.25) is 0 Å². The molecule has 0 aromatic heterocycles. The Labute approximate surface area is 177 Å². The van der Waals surface area contributed by atoms with E-state index in [1.165, 1.54) is 0 Å². The summed E-state index contributed by atoms with van der Waals surface area (Å²) >= 11 is 0. The molecule has 0 saturated heterocycles. The van der Waals surface area contributed by atoms with Crippen molar-refractivity contribution in [3.8, 4) is 34.5 Å². The van der Waals surface area contributed by atoms with Crippen molar-refractivity contribution in [1.82, 2.24) is 0 Å². The SMILES string of the molecule is COc1cc(C[C@H](C)Oc2c(OC)cc(/C=C\CO)cc2OC)cc(OC)c1OC. The second-order valence-corrected chi connectivity index (χ2v) is 6.51. The molecule has 164 valence electrons. The molecule has 1 N–H and O–H groups in total. The minimum absolute atomic E-state index is 0.0469. The Kier molecular flexibility index (Phi) is 8.68. The molecule has 0 bridgehead atoms. The Bertz CT molecular complexity index is 811. The van der Waals surface area contributed by atoms with Gasteiger partial charge in [0.25, 0.3) is 0 Å². The quantitative estimate of drug-likeness (QED) is 0.596. The van der Waals surface area contributed by atoms with Gasteiger partial charge in [-0.2, -0.15) is 0 Å². The van der Waals surface area contributed by atoms with Gasteiger partial charge in [0, 0.05) is 6.42 Å². The van der Waals surface area contributed by atoms with Crippen molar-refractivity contribution in [2.75, 3.05) is 42.2 Å². The molecule has 7 nitrogen and oxygen atoms in total. The van der Waals surface area contributed by atoms with Crippen LogP contribution in [0, 0.1) is 0 Å². The monoisotopic (exact) mass is 418 g/mol. The summed E-state index contributed by atoms with van der Waals surface area (Å²) in [4.78, 5) is 0. The molecule has 0 aliphatic heterocycles. The van der Waals surface area contributed by atoms with Gasteiger partial charge in [0.2, 0.25) is 11.5 Å². The molecular weight excluding hydrogens is 388 g/mol. The van der Waals surface area contributed by atoms with E-state index in [1.807, 2.05) is 31.2 Å². The highest BCUT2D eigenvalue weighted by molar-refractivity contribution is 5.62. The van der Waals surface area contributed by atoms with Crippen molar-refractivity contribution >= 4 is 6.08 Å². The zero-order valence-electron chi connectivity index (χ0n) is 18.4. The Balaban J connectivity index is 2.30. The first-order chi connectivity index (χ1) is 14.5. The van der Waals surface area contributed by atoms with E-state index in [1.54, 1.807) is 47.7 Å². The zero-order valence-corrected chi connectivity index (χ0v) is 18.4. The molecule has 0 saturated carbocycles. The second-order valence-electron chi connectivity index (χ2n) is 6.51. The van der Waals surface area contributed by atoms with Gasteiger partial charge in [0.15, 0.2) is 23.0 Å². The molecule has 2 aromatic carbocycles. The lowest BCUT2D eigenvalue weighted by atomic mass is 10.1. The van der Waals surface area contributed by atoms with Crippen LogP contribution in [0.25, 0.3) is 6.08 Å². The summed E-state index contributed by atoms with van der Waals surface area (Å²) in [6.07, 6.45) is 3.82. The molecule has 0 spiro atoms. The number of methoxy groups -OCH3 is 5. The predicted molar refractivity (Wildman–Crippen MR) is 116 cm³/mol. The highest BCUT2D eigenvalue weighted by Gasteiger charge is 2.19. The fourth-order valence-corrected chi connectivity index (χ4v) is 3.13. The molecule has 7 heteroatoms. The third-order valence-electron chi connectivity index (χ3n) is 4.47. The molecule has 0 unspecified atom stereocenters. The van der Waals surface area contributed by atoms with Crippen molar-refractivity contribution in [1.29, 1.82) is 0 Å². The van der Waals surface area contributed by atoms with Crippen molar-refractivity contribution in [3.05, 3.63) is 41.5 Å². The number of ether oxygens (including phenoxy) is 6. The van der Waals surface area contributed by atoms with Crippen LogP contribution in [0.5, 0.6) is 34.5 Å². The van der Waals surface area contributed by atoms with Crippen LogP contribution >= 0.6 is 0 Å². The van der Waals surface area contributed by atoms with Crippen LogP contribution in [0.3, 0.4) is 0 Å². The van der Waals surface area contributed by atoms with Crippen molar-refractivity contribution < 1.29 is 33.5 Å². The third-order valence-corrected chi connectivity index (χ3v) is 4.47. The Morgan fingerprint density at radius 1 is 0.767 bits per heavy atom.